The number of anilines is 1. The molecule has 0 saturated heterocycles. The highest BCUT2D eigenvalue weighted by atomic mass is 35.5. The fourth-order valence-corrected chi connectivity index (χ4v) is 1.59. The van der Waals surface area contributed by atoms with Gasteiger partial charge in [0.15, 0.2) is 0 Å². The Labute approximate surface area is 109 Å². The number of hydrogen-bond donors (Lipinski definition) is 1. The maximum absolute atomic E-state index is 11.9. The fraction of sp³-hybridized carbons (Fsp3) is 0.167. The van der Waals surface area contributed by atoms with Crippen LogP contribution in [0.15, 0.2) is 24.7 Å². The normalized spacial score (nSPS) is 10.2. The van der Waals surface area contributed by atoms with Gasteiger partial charge in [0, 0.05) is 6.20 Å². The standard InChI is InChI=1S/C12H11ClN4O/c1-7-3-4-14-8(2)11(7)17-12(18)9-5-16-10(13)6-15-9/h3-6H,1-2H3,(H,17,18). The summed E-state index contributed by atoms with van der Waals surface area (Å²) in [5, 5.41) is 3.02. The number of pyridine rings is 1. The lowest BCUT2D eigenvalue weighted by atomic mass is 10.2. The zero-order valence-electron chi connectivity index (χ0n) is 9.94. The van der Waals surface area contributed by atoms with Crippen LogP contribution in [0.4, 0.5) is 5.69 Å². The van der Waals surface area contributed by atoms with Crippen LogP contribution in [0.5, 0.6) is 0 Å². The number of amides is 1. The van der Waals surface area contributed by atoms with E-state index in [2.05, 4.69) is 20.3 Å². The second kappa shape index (κ2) is 5.10. The minimum atomic E-state index is -0.335. The van der Waals surface area contributed by atoms with E-state index in [1.54, 1.807) is 6.20 Å². The summed E-state index contributed by atoms with van der Waals surface area (Å²) >= 11 is 5.61. The van der Waals surface area contributed by atoms with E-state index in [1.807, 2.05) is 19.9 Å². The number of nitrogens with one attached hydrogen (secondary N) is 1. The van der Waals surface area contributed by atoms with Gasteiger partial charge in [-0.3, -0.25) is 9.78 Å². The molecule has 0 aliphatic carbocycles. The van der Waals surface area contributed by atoms with Crippen molar-refractivity contribution in [2.24, 2.45) is 0 Å². The minimum absolute atomic E-state index is 0.210. The Bertz CT molecular complexity index is 563. The third-order valence-corrected chi connectivity index (χ3v) is 2.64. The van der Waals surface area contributed by atoms with Crippen LogP contribution in [-0.4, -0.2) is 20.9 Å². The quantitative estimate of drug-likeness (QED) is 0.902. The highest BCUT2D eigenvalue weighted by Crippen LogP contribution is 2.17. The zero-order valence-corrected chi connectivity index (χ0v) is 10.7. The lowest BCUT2D eigenvalue weighted by Gasteiger charge is -2.09. The van der Waals surface area contributed by atoms with Crippen LogP contribution in [0.2, 0.25) is 5.15 Å². The van der Waals surface area contributed by atoms with Crippen molar-refractivity contribution < 1.29 is 4.79 Å². The molecule has 2 aromatic heterocycles. The summed E-state index contributed by atoms with van der Waals surface area (Å²) in [6.45, 7) is 3.73. The molecule has 0 spiro atoms. The third kappa shape index (κ3) is 2.62. The van der Waals surface area contributed by atoms with Crippen molar-refractivity contribution in [2.45, 2.75) is 13.8 Å². The van der Waals surface area contributed by atoms with Gasteiger partial charge in [0.25, 0.3) is 5.91 Å². The smallest absolute Gasteiger partial charge is 0.275 e. The first-order valence-electron chi connectivity index (χ1n) is 5.29. The van der Waals surface area contributed by atoms with Gasteiger partial charge < -0.3 is 5.32 Å². The van der Waals surface area contributed by atoms with E-state index in [0.29, 0.717) is 5.69 Å². The minimum Gasteiger partial charge on any atom is -0.319 e. The molecule has 2 rings (SSSR count). The maximum atomic E-state index is 11.9. The highest BCUT2D eigenvalue weighted by molar-refractivity contribution is 6.29. The van der Waals surface area contributed by atoms with E-state index in [0.717, 1.165) is 11.3 Å². The summed E-state index contributed by atoms with van der Waals surface area (Å²) in [7, 11) is 0. The molecule has 0 aromatic carbocycles. The van der Waals surface area contributed by atoms with Crippen molar-refractivity contribution in [1.29, 1.82) is 0 Å². The predicted molar refractivity (Wildman–Crippen MR) is 68.7 cm³/mol. The van der Waals surface area contributed by atoms with Gasteiger partial charge in [0.2, 0.25) is 0 Å². The van der Waals surface area contributed by atoms with Crippen LogP contribution in [-0.2, 0) is 0 Å². The molecule has 0 bridgehead atoms. The van der Waals surface area contributed by atoms with E-state index in [4.69, 9.17) is 11.6 Å². The number of carbonyl (C=O) groups excluding carboxylic acids is 1. The number of rotatable bonds is 2. The predicted octanol–water partition coefficient (Wildman–Crippen LogP) is 2.39. The van der Waals surface area contributed by atoms with Gasteiger partial charge >= 0.3 is 0 Å². The first-order valence-corrected chi connectivity index (χ1v) is 5.67. The van der Waals surface area contributed by atoms with Gasteiger partial charge in [-0.1, -0.05) is 11.6 Å². The number of halogens is 1. The van der Waals surface area contributed by atoms with Crippen LogP contribution in [0, 0.1) is 13.8 Å². The molecule has 92 valence electrons. The lowest BCUT2D eigenvalue weighted by molar-refractivity contribution is 0.102. The number of carbonyl (C=O) groups is 1. The van der Waals surface area contributed by atoms with Gasteiger partial charge in [-0.05, 0) is 25.5 Å². The van der Waals surface area contributed by atoms with Crippen LogP contribution >= 0.6 is 11.6 Å². The molecule has 0 aliphatic rings. The van der Waals surface area contributed by atoms with Gasteiger partial charge in [0.05, 0.1) is 23.8 Å². The summed E-state index contributed by atoms with van der Waals surface area (Å²) in [4.78, 5) is 23.8. The van der Waals surface area contributed by atoms with Gasteiger partial charge in [-0.15, -0.1) is 0 Å². The Morgan fingerprint density at radius 2 is 2.00 bits per heavy atom. The van der Waals surface area contributed by atoms with Crippen molar-refractivity contribution in [1.82, 2.24) is 15.0 Å². The Balaban J connectivity index is 2.24. The Morgan fingerprint density at radius 3 is 2.61 bits per heavy atom. The molecular formula is C12H11ClN4O. The SMILES string of the molecule is Cc1ccnc(C)c1NC(=O)c1cnc(Cl)cn1. The zero-order chi connectivity index (χ0) is 13.1. The monoisotopic (exact) mass is 262 g/mol. The highest BCUT2D eigenvalue weighted by Gasteiger charge is 2.11. The summed E-state index contributed by atoms with van der Waals surface area (Å²) in [6, 6.07) is 1.83. The van der Waals surface area contributed by atoms with Crippen molar-refractivity contribution in [3.63, 3.8) is 0 Å². The fourth-order valence-electron chi connectivity index (χ4n) is 1.49. The second-order valence-corrected chi connectivity index (χ2v) is 4.15. The molecule has 0 fully saturated rings. The van der Waals surface area contributed by atoms with Crippen LogP contribution in [0.3, 0.4) is 0 Å². The molecule has 5 nitrogen and oxygen atoms in total. The van der Waals surface area contributed by atoms with Gasteiger partial charge in [0.1, 0.15) is 10.8 Å². The molecule has 6 heteroatoms. The van der Waals surface area contributed by atoms with Gasteiger partial charge in [-0.25, -0.2) is 9.97 Å². The molecule has 0 unspecified atom stereocenters. The van der Waals surface area contributed by atoms with E-state index < -0.39 is 0 Å². The van der Waals surface area contributed by atoms with E-state index in [-0.39, 0.29) is 16.8 Å². The molecule has 0 saturated carbocycles. The lowest BCUT2D eigenvalue weighted by Crippen LogP contribution is -2.16. The third-order valence-electron chi connectivity index (χ3n) is 2.44. The summed E-state index contributed by atoms with van der Waals surface area (Å²) in [6.07, 6.45) is 4.36. The van der Waals surface area contributed by atoms with Crippen molar-refractivity contribution >= 4 is 23.2 Å². The topological polar surface area (TPSA) is 67.8 Å². The second-order valence-electron chi connectivity index (χ2n) is 3.77. The number of nitrogens with zero attached hydrogens (tertiary/aromatic N) is 3. The van der Waals surface area contributed by atoms with Crippen molar-refractivity contribution in [3.05, 3.63) is 46.8 Å². The first-order chi connectivity index (χ1) is 8.58. The van der Waals surface area contributed by atoms with E-state index in [1.165, 1.54) is 12.4 Å². The Hall–Kier alpha value is -2.01. The Kier molecular flexibility index (Phi) is 3.53. The van der Waals surface area contributed by atoms with Gasteiger partial charge in [-0.2, -0.15) is 0 Å². The van der Waals surface area contributed by atoms with Crippen molar-refractivity contribution in [3.8, 4) is 0 Å². The Morgan fingerprint density at radius 1 is 1.22 bits per heavy atom. The molecule has 0 aliphatic heterocycles. The summed E-state index contributed by atoms with van der Waals surface area (Å²) in [5.41, 5.74) is 2.60. The largest absolute Gasteiger partial charge is 0.319 e. The molecule has 0 radical (unpaired) electrons. The number of aryl methyl sites for hydroxylation is 2. The summed E-state index contributed by atoms with van der Waals surface area (Å²) < 4.78 is 0. The van der Waals surface area contributed by atoms with Crippen LogP contribution < -0.4 is 5.32 Å². The molecule has 2 heterocycles. The van der Waals surface area contributed by atoms with E-state index in [9.17, 15) is 4.79 Å². The molecule has 1 amide bonds. The number of hydrogen-bond acceptors (Lipinski definition) is 4. The van der Waals surface area contributed by atoms with Crippen LogP contribution in [0.25, 0.3) is 0 Å². The molecule has 0 atom stereocenters. The summed E-state index contributed by atoms with van der Waals surface area (Å²) in [5.74, 6) is -0.335. The molecule has 1 N–H and O–H groups in total. The van der Waals surface area contributed by atoms with E-state index >= 15 is 0 Å². The van der Waals surface area contributed by atoms with Crippen molar-refractivity contribution in [2.75, 3.05) is 5.32 Å². The number of aromatic nitrogens is 3. The average molecular weight is 263 g/mol. The average Bonchev–Trinajstić information content (AvgIpc) is 2.34. The van der Waals surface area contributed by atoms with Crippen LogP contribution in [0.1, 0.15) is 21.7 Å². The molecule has 18 heavy (non-hydrogen) atoms. The molecule has 2 aromatic rings. The maximum Gasteiger partial charge on any atom is 0.275 e. The first kappa shape index (κ1) is 12.4. The molecular weight excluding hydrogens is 252 g/mol.